The Bertz CT molecular complexity index is 2740. The predicted molar refractivity (Wildman–Crippen MR) is 234 cm³/mol. The van der Waals surface area contributed by atoms with Gasteiger partial charge in [0.15, 0.2) is 0 Å². The summed E-state index contributed by atoms with van der Waals surface area (Å²) in [6, 6.07) is 66.2. The van der Waals surface area contributed by atoms with Gasteiger partial charge in [-0.05, 0) is 118 Å². The molecule has 2 aliphatic rings. The molecule has 0 radical (unpaired) electrons. The van der Waals surface area contributed by atoms with Gasteiger partial charge in [0, 0.05) is 17.1 Å². The van der Waals surface area contributed by atoms with E-state index in [-0.39, 0.29) is 0 Å². The highest BCUT2D eigenvalue weighted by atomic mass is 28.3. The van der Waals surface area contributed by atoms with Gasteiger partial charge in [-0.1, -0.05) is 160 Å². The lowest BCUT2D eigenvalue weighted by Gasteiger charge is -2.29. The zero-order chi connectivity index (χ0) is 35.9. The summed E-state index contributed by atoms with van der Waals surface area (Å²) < 4.78 is 0. The molecule has 53 heavy (non-hydrogen) atoms. The van der Waals surface area contributed by atoms with Crippen molar-refractivity contribution >= 4 is 64.7 Å². The Morgan fingerprint density at radius 3 is 1.53 bits per heavy atom. The van der Waals surface area contributed by atoms with E-state index in [1.54, 1.807) is 0 Å². The van der Waals surface area contributed by atoms with E-state index in [9.17, 15) is 0 Å². The molecule has 0 atom stereocenters. The van der Waals surface area contributed by atoms with Crippen molar-refractivity contribution in [3.63, 3.8) is 0 Å². The largest absolute Gasteiger partial charge is 0.310 e. The first kappa shape index (κ1) is 31.9. The van der Waals surface area contributed by atoms with Crippen LogP contribution in [0.15, 0.2) is 176 Å². The second-order valence-electron chi connectivity index (χ2n) is 15.8. The summed E-state index contributed by atoms with van der Waals surface area (Å²) in [6.07, 6.45) is 0. The van der Waals surface area contributed by atoms with Crippen molar-refractivity contribution in [3.8, 4) is 44.5 Å². The van der Waals surface area contributed by atoms with Crippen LogP contribution in [0.5, 0.6) is 0 Å². The van der Waals surface area contributed by atoms with Gasteiger partial charge in [-0.2, -0.15) is 0 Å². The number of benzene rings is 8. The number of hydrogen-bond acceptors (Lipinski definition) is 1. The molecular formula is C50H41NSi2. The van der Waals surface area contributed by atoms with Crippen LogP contribution in [0.25, 0.3) is 55.3 Å². The molecular weight excluding hydrogens is 671 g/mol. The summed E-state index contributed by atoms with van der Waals surface area (Å²) in [7, 11) is -3.90. The molecule has 2 aliphatic heterocycles. The Morgan fingerprint density at radius 1 is 0.302 bits per heavy atom. The lowest BCUT2D eigenvalue weighted by molar-refractivity contribution is 1.29. The van der Waals surface area contributed by atoms with Gasteiger partial charge in [0.05, 0.1) is 0 Å². The molecule has 10 rings (SSSR count). The summed E-state index contributed by atoms with van der Waals surface area (Å²) >= 11 is 0. The monoisotopic (exact) mass is 711 g/mol. The number of nitrogens with zero attached hydrogens (tertiary/aromatic N) is 1. The minimum absolute atomic E-state index is 1.17. The van der Waals surface area contributed by atoms with Gasteiger partial charge in [-0.25, -0.2) is 0 Å². The topological polar surface area (TPSA) is 3.24 Å². The van der Waals surface area contributed by atoms with Gasteiger partial charge in [0.2, 0.25) is 0 Å². The summed E-state index contributed by atoms with van der Waals surface area (Å²) in [5, 5.41) is 8.62. The normalized spacial score (nSPS) is 14.3. The number of anilines is 3. The Hall–Kier alpha value is -5.75. The van der Waals surface area contributed by atoms with Crippen molar-refractivity contribution in [2.24, 2.45) is 0 Å². The second kappa shape index (κ2) is 11.9. The highest BCUT2D eigenvalue weighted by molar-refractivity contribution is 7.04. The quantitative estimate of drug-likeness (QED) is 0.161. The maximum absolute atomic E-state index is 2.53. The maximum atomic E-state index is 2.53. The minimum Gasteiger partial charge on any atom is -0.310 e. The summed E-state index contributed by atoms with van der Waals surface area (Å²) in [6.45, 7) is 10.1. The van der Waals surface area contributed by atoms with Crippen LogP contribution in [0.2, 0.25) is 26.2 Å². The molecule has 3 heteroatoms. The molecule has 0 N–H and O–H groups in total. The first-order chi connectivity index (χ1) is 25.8. The van der Waals surface area contributed by atoms with Crippen LogP contribution in [0.3, 0.4) is 0 Å². The molecule has 254 valence electrons. The van der Waals surface area contributed by atoms with E-state index >= 15 is 0 Å². The van der Waals surface area contributed by atoms with E-state index in [4.69, 9.17) is 0 Å². The Labute approximate surface area is 314 Å². The van der Waals surface area contributed by atoms with Gasteiger partial charge < -0.3 is 4.90 Å². The molecule has 0 spiro atoms. The molecule has 1 nitrogen and oxygen atoms in total. The van der Waals surface area contributed by atoms with Gasteiger partial charge in [-0.3, -0.25) is 0 Å². The Kier molecular flexibility index (Phi) is 7.17. The lowest BCUT2D eigenvalue weighted by atomic mass is 9.99. The van der Waals surface area contributed by atoms with Crippen molar-refractivity contribution in [1.82, 2.24) is 0 Å². The molecule has 0 saturated heterocycles. The second-order valence-corrected chi connectivity index (χ2v) is 24.5. The zero-order valence-electron chi connectivity index (χ0n) is 30.7. The number of hydrogen-bond donors (Lipinski definition) is 0. The average Bonchev–Trinajstić information content (AvgIpc) is 3.57. The molecule has 0 amide bonds. The standard InChI is InChI=1S/C50H41NSi2/c1-52(2)47-20-11-10-19-43(47)45-27-24-41(32-49(45)52)51(40-18-12-17-37(30-40)38-22-21-35-15-8-9-16-36(35)29-38)42-25-28-46-44-26-23-39(34-13-6-5-7-14-34)31-48(44)53(3,4)50(46)33-42/h5-33H,1-4H3. The predicted octanol–water partition coefficient (Wildman–Crippen LogP) is 11.2. The molecule has 0 bridgehead atoms. The third-order valence-electron chi connectivity index (χ3n) is 12.0. The maximum Gasteiger partial charge on any atom is 0.113 e. The van der Waals surface area contributed by atoms with E-state index in [0.717, 1.165) is 0 Å². The summed E-state index contributed by atoms with van der Waals surface area (Å²) in [5.74, 6) is 0. The number of rotatable bonds is 5. The fraction of sp³-hybridized carbons (Fsp3) is 0.0800. The first-order valence-corrected chi connectivity index (χ1v) is 24.8. The van der Waals surface area contributed by atoms with E-state index in [0.29, 0.717) is 0 Å². The van der Waals surface area contributed by atoms with Crippen LogP contribution in [0, 0.1) is 0 Å². The van der Waals surface area contributed by atoms with Crippen LogP contribution < -0.4 is 25.6 Å². The highest BCUT2D eigenvalue weighted by Gasteiger charge is 2.39. The summed E-state index contributed by atoms with van der Waals surface area (Å²) in [4.78, 5) is 2.52. The van der Waals surface area contributed by atoms with E-state index < -0.39 is 16.1 Å². The molecule has 0 unspecified atom stereocenters. The molecule has 0 saturated carbocycles. The lowest BCUT2D eigenvalue weighted by Crippen LogP contribution is -2.49. The third-order valence-corrected chi connectivity index (χ3v) is 19.1. The Balaban J connectivity index is 1.13. The molecule has 2 heterocycles. The van der Waals surface area contributed by atoms with Crippen molar-refractivity contribution < 1.29 is 0 Å². The fourth-order valence-electron chi connectivity index (χ4n) is 9.15. The molecule has 0 aliphatic carbocycles. The van der Waals surface area contributed by atoms with E-state index in [1.165, 1.54) is 93.1 Å². The van der Waals surface area contributed by atoms with Crippen LogP contribution in [-0.2, 0) is 0 Å². The smallest absolute Gasteiger partial charge is 0.113 e. The molecule has 8 aromatic rings. The van der Waals surface area contributed by atoms with Crippen molar-refractivity contribution in [2.45, 2.75) is 26.2 Å². The van der Waals surface area contributed by atoms with E-state index in [1.807, 2.05) is 0 Å². The number of fused-ring (bicyclic) bond motifs is 7. The Morgan fingerprint density at radius 2 is 0.792 bits per heavy atom. The van der Waals surface area contributed by atoms with Crippen molar-refractivity contribution in [2.75, 3.05) is 4.90 Å². The zero-order valence-corrected chi connectivity index (χ0v) is 32.7. The third kappa shape index (κ3) is 5.03. The van der Waals surface area contributed by atoms with Crippen LogP contribution in [0.4, 0.5) is 17.1 Å². The fourth-order valence-corrected chi connectivity index (χ4v) is 15.3. The summed E-state index contributed by atoms with van der Waals surface area (Å²) in [5.41, 5.74) is 14.2. The van der Waals surface area contributed by atoms with Crippen molar-refractivity contribution in [1.29, 1.82) is 0 Å². The highest BCUT2D eigenvalue weighted by Crippen LogP contribution is 2.41. The van der Waals surface area contributed by atoms with Crippen LogP contribution in [-0.4, -0.2) is 16.1 Å². The van der Waals surface area contributed by atoms with Gasteiger partial charge in [-0.15, -0.1) is 0 Å². The minimum atomic E-state index is -2.02. The van der Waals surface area contributed by atoms with E-state index in [2.05, 4.69) is 207 Å². The van der Waals surface area contributed by atoms with Gasteiger partial charge in [0.1, 0.15) is 16.1 Å². The van der Waals surface area contributed by atoms with Crippen molar-refractivity contribution in [3.05, 3.63) is 176 Å². The SMILES string of the molecule is C[Si]1(C)c2ccccc2-c2ccc(N(c3cccc(-c4ccc5ccccc5c4)c3)c3ccc4c(c3)[Si](C)(C)c3cc(-c5ccccc5)ccc3-4)cc21. The average molecular weight is 712 g/mol. The van der Waals surface area contributed by atoms with Crippen LogP contribution >= 0.6 is 0 Å². The van der Waals surface area contributed by atoms with Gasteiger partial charge in [0.25, 0.3) is 0 Å². The molecule has 0 aromatic heterocycles. The van der Waals surface area contributed by atoms with Gasteiger partial charge >= 0.3 is 0 Å². The first-order valence-electron chi connectivity index (χ1n) is 18.8. The molecule has 0 fully saturated rings. The van der Waals surface area contributed by atoms with Crippen LogP contribution in [0.1, 0.15) is 0 Å². The molecule has 8 aromatic carbocycles.